The van der Waals surface area contributed by atoms with Crippen LogP contribution in [0.5, 0.6) is 0 Å². The van der Waals surface area contributed by atoms with Crippen molar-refractivity contribution >= 4 is 55.4 Å². The summed E-state index contributed by atoms with van der Waals surface area (Å²) < 4.78 is 4.87. The molecular formula is C66H38N4S. The molecule has 1 unspecified atom stereocenters. The predicted octanol–water partition coefficient (Wildman–Crippen LogP) is 15.8. The first-order valence-corrected chi connectivity index (χ1v) is 25.3. The molecule has 0 amide bonds. The zero-order valence-electron chi connectivity index (χ0n) is 38.1. The lowest BCUT2D eigenvalue weighted by molar-refractivity contribution is 0.714. The minimum Gasteiger partial charge on any atom is -0.309 e. The molecule has 17 rings (SSSR count). The van der Waals surface area contributed by atoms with Gasteiger partial charge in [-0.1, -0.05) is 163 Å². The van der Waals surface area contributed by atoms with E-state index < -0.39 is 10.8 Å². The molecule has 0 radical (unpaired) electrons. The van der Waals surface area contributed by atoms with Crippen LogP contribution in [0.15, 0.2) is 241 Å². The fraction of sp³-hybridized carbons (Fsp3) is 0.0303. The lowest BCUT2D eigenvalue weighted by Gasteiger charge is -2.40. The maximum Gasteiger partial charge on any atom is 0.0939 e. The third-order valence-corrected chi connectivity index (χ3v) is 17.6. The highest BCUT2D eigenvalue weighted by molar-refractivity contribution is 7.99. The second kappa shape index (κ2) is 13.5. The fourth-order valence-corrected chi connectivity index (χ4v) is 15.1. The number of hydrogen-bond acceptors (Lipinski definition) is 3. The summed E-state index contributed by atoms with van der Waals surface area (Å²) in [4.78, 5) is 13.3. The number of rotatable bonds is 2. The van der Waals surface area contributed by atoms with E-state index >= 15 is 0 Å². The standard InChI is InChI=1S/C66H38N4S/c1-2-17-39(18-3-1)69-57-29-13-7-22-44(57)47-36-60-48(35-59(47)69)45-23-8-14-30-58(45)70(60)40-33-56-64(68-38-40)63-53(28-16-32-67-63)66(56)52-27-12-15-31-61(52)71-62-37-54-46(34-55(62)66)43-21-6-11-26-51(43)65(54)49-24-9-4-19-41(49)42-20-5-10-25-50(42)65/h1-38H. The Morgan fingerprint density at radius 3 is 1.51 bits per heavy atom. The number of para-hydroxylation sites is 3. The van der Waals surface area contributed by atoms with Crippen molar-refractivity contribution in [2.45, 2.75) is 20.6 Å². The van der Waals surface area contributed by atoms with Gasteiger partial charge in [0.15, 0.2) is 0 Å². The normalized spacial score (nSPS) is 16.0. The van der Waals surface area contributed by atoms with Crippen molar-refractivity contribution in [3.05, 3.63) is 275 Å². The second-order valence-corrected chi connectivity index (χ2v) is 20.6. The zero-order chi connectivity index (χ0) is 46.2. The molecule has 2 spiro atoms. The van der Waals surface area contributed by atoms with Crippen LogP contribution >= 0.6 is 11.8 Å². The maximum absolute atomic E-state index is 5.54. The summed E-state index contributed by atoms with van der Waals surface area (Å²) in [6.45, 7) is 0. The SMILES string of the molecule is c1ccc(-n2c3ccccc3c3cc4c(cc32)c2ccccc2n4-c2cnc3c(c2)C2(c4ccccc4Sc4cc5c(cc42)-c2ccccc2C52c4ccccc4-c4ccccc42)c2cccnc2-3)cc1. The van der Waals surface area contributed by atoms with E-state index in [0.717, 1.165) is 39.4 Å². The summed E-state index contributed by atoms with van der Waals surface area (Å²) in [5, 5.41) is 4.86. The molecule has 328 valence electrons. The number of hydrogen-bond donors (Lipinski definition) is 0. The number of aromatic nitrogens is 4. The molecule has 5 heterocycles. The van der Waals surface area contributed by atoms with Crippen molar-refractivity contribution in [3.63, 3.8) is 0 Å². The number of fused-ring (bicyclic) bond motifs is 25. The van der Waals surface area contributed by atoms with Crippen molar-refractivity contribution in [1.29, 1.82) is 0 Å². The monoisotopic (exact) mass is 918 g/mol. The van der Waals surface area contributed by atoms with E-state index in [-0.39, 0.29) is 0 Å². The van der Waals surface area contributed by atoms with Crippen LogP contribution in [0, 0.1) is 0 Å². The van der Waals surface area contributed by atoms with Gasteiger partial charge >= 0.3 is 0 Å². The van der Waals surface area contributed by atoms with Gasteiger partial charge < -0.3 is 9.13 Å². The van der Waals surface area contributed by atoms with Crippen LogP contribution in [-0.4, -0.2) is 19.1 Å². The van der Waals surface area contributed by atoms with Crippen molar-refractivity contribution < 1.29 is 0 Å². The van der Waals surface area contributed by atoms with Gasteiger partial charge in [-0.15, -0.1) is 0 Å². The van der Waals surface area contributed by atoms with Gasteiger partial charge in [-0.25, -0.2) is 0 Å². The average Bonchev–Trinajstić information content (AvgIpc) is 4.21. The van der Waals surface area contributed by atoms with E-state index in [0.29, 0.717) is 0 Å². The molecule has 0 saturated heterocycles. The van der Waals surface area contributed by atoms with Gasteiger partial charge in [0, 0.05) is 48.8 Å². The quantitative estimate of drug-likeness (QED) is 0.173. The van der Waals surface area contributed by atoms with Crippen LogP contribution in [-0.2, 0) is 10.8 Å². The first-order chi connectivity index (χ1) is 35.2. The molecule has 4 aliphatic rings. The summed E-state index contributed by atoms with van der Waals surface area (Å²) in [7, 11) is 0. The lowest BCUT2D eigenvalue weighted by atomic mass is 9.66. The molecular weight excluding hydrogens is 881 g/mol. The molecule has 0 saturated carbocycles. The Hall–Kier alpha value is -8.77. The highest BCUT2D eigenvalue weighted by Gasteiger charge is 2.56. The van der Waals surface area contributed by atoms with E-state index in [2.05, 4.69) is 234 Å². The highest BCUT2D eigenvalue weighted by Crippen LogP contribution is 2.67. The predicted molar refractivity (Wildman–Crippen MR) is 288 cm³/mol. The lowest BCUT2D eigenvalue weighted by Crippen LogP contribution is -2.33. The first-order valence-electron chi connectivity index (χ1n) is 24.5. The van der Waals surface area contributed by atoms with E-state index in [1.165, 1.54) is 104 Å². The van der Waals surface area contributed by atoms with Crippen molar-refractivity contribution in [2.75, 3.05) is 0 Å². The molecule has 1 aliphatic heterocycles. The van der Waals surface area contributed by atoms with Crippen LogP contribution < -0.4 is 0 Å². The van der Waals surface area contributed by atoms with Crippen LogP contribution in [0.25, 0.3) is 88.6 Å². The van der Waals surface area contributed by atoms with Crippen LogP contribution in [0.1, 0.15) is 44.5 Å². The molecule has 0 N–H and O–H groups in total. The number of pyridine rings is 2. The van der Waals surface area contributed by atoms with Crippen LogP contribution in [0.2, 0.25) is 0 Å². The Morgan fingerprint density at radius 2 is 0.831 bits per heavy atom. The maximum atomic E-state index is 5.54. The van der Waals surface area contributed by atoms with E-state index in [4.69, 9.17) is 9.97 Å². The summed E-state index contributed by atoms with van der Waals surface area (Å²) >= 11 is 1.90. The number of nitrogens with zero attached hydrogens (tertiary/aromatic N) is 4. The fourth-order valence-electron chi connectivity index (χ4n) is 13.9. The summed E-state index contributed by atoms with van der Waals surface area (Å²) in [6, 6.07) is 81.7. The molecule has 0 bridgehead atoms. The van der Waals surface area contributed by atoms with Gasteiger partial charge in [0.05, 0.1) is 56.2 Å². The third kappa shape index (κ3) is 4.55. The summed E-state index contributed by atoms with van der Waals surface area (Å²) in [6.07, 6.45) is 4.02. The average molecular weight is 919 g/mol. The third-order valence-electron chi connectivity index (χ3n) is 16.5. The molecule has 9 aromatic carbocycles. The molecule has 3 aliphatic carbocycles. The van der Waals surface area contributed by atoms with Gasteiger partial charge in [0.1, 0.15) is 0 Å². The highest BCUT2D eigenvalue weighted by atomic mass is 32.2. The van der Waals surface area contributed by atoms with Crippen molar-refractivity contribution in [3.8, 4) is 45.0 Å². The van der Waals surface area contributed by atoms with E-state index in [1.807, 2.05) is 18.0 Å². The Labute approximate surface area is 413 Å². The Morgan fingerprint density at radius 1 is 0.310 bits per heavy atom. The Kier molecular flexibility index (Phi) is 7.25. The minimum absolute atomic E-state index is 0.448. The van der Waals surface area contributed by atoms with Crippen LogP contribution in [0.3, 0.4) is 0 Å². The Balaban J connectivity index is 0.963. The van der Waals surface area contributed by atoms with Crippen molar-refractivity contribution in [2.24, 2.45) is 0 Å². The molecule has 13 aromatic rings. The molecule has 1 atom stereocenters. The van der Waals surface area contributed by atoms with Gasteiger partial charge in [-0.3, -0.25) is 9.97 Å². The van der Waals surface area contributed by atoms with Gasteiger partial charge in [0.25, 0.3) is 0 Å². The first kappa shape index (κ1) is 38.1. The molecule has 4 nitrogen and oxygen atoms in total. The van der Waals surface area contributed by atoms with Gasteiger partial charge in [0.2, 0.25) is 0 Å². The second-order valence-electron chi connectivity index (χ2n) is 19.5. The van der Waals surface area contributed by atoms with Crippen molar-refractivity contribution in [1.82, 2.24) is 19.1 Å². The minimum atomic E-state index is -0.709. The Bertz CT molecular complexity index is 4480. The molecule has 0 fully saturated rings. The number of benzene rings is 9. The van der Waals surface area contributed by atoms with E-state index in [1.54, 1.807) is 0 Å². The topological polar surface area (TPSA) is 35.6 Å². The summed E-state index contributed by atoms with van der Waals surface area (Å²) in [5.41, 5.74) is 23.0. The van der Waals surface area contributed by atoms with Crippen LogP contribution in [0.4, 0.5) is 0 Å². The zero-order valence-corrected chi connectivity index (χ0v) is 39.0. The molecule has 4 aromatic heterocycles. The smallest absolute Gasteiger partial charge is 0.0939 e. The largest absolute Gasteiger partial charge is 0.309 e. The summed E-state index contributed by atoms with van der Waals surface area (Å²) in [5.74, 6) is 0. The van der Waals surface area contributed by atoms with E-state index in [9.17, 15) is 0 Å². The molecule has 5 heteroatoms. The van der Waals surface area contributed by atoms with Gasteiger partial charge in [-0.2, -0.15) is 0 Å². The van der Waals surface area contributed by atoms with Gasteiger partial charge in [-0.05, 0) is 128 Å². The molecule has 71 heavy (non-hydrogen) atoms.